The van der Waals surface area contributed by atoms with Gasteiger partial charge in [0, 0.05) is 11.1 Å². The van der Waals surface area contributed by atoms with E-state index >= 15 is 0 Å². The largest absolute Gasteiger partial charge is 0.423 e. The van der Waals surface area contributed by atoms with Crippen LogP contribution in [0, 0.1) is 0 Å². The van der Waals surface area contributed by atoms with Gasteiger partial charge in [-0.2, -0.15) is 0 Å². The van der Waals surface area contributed by atoms with Crippen molar-refractivity contribution in [2.75, 3.05) is 0 Å². The first-order valence-electron chi connectivity index (χ1n) is 5.56. The summed E-state index contributed by atoms with van der Waals surface area (Å²) in [7, 11) is 0. The maximum Gasteiger partial charge on any atom is 0.339 e. The van der Waals surface area contributed by atoms with Crippen molar-refractivity contribution >= 4 is 12.0 Å². The molecule has 1 aromatic carbocycles. The summed E-state index contributed by atoms with van der Waals surface area (Å²) in [6, 6.07) is 9.95. The first-order valence-corrected chi connectivity index (χ1v) is 5.56. The summed E-state index contributed by atoms with van der Waals surface area (Å²) in [6.07, 6.45) is 4.87. The van der Waals surface area contributed by atoms with E-state index in [4.69, 9.17) is 4.74 Å². The third kappa shape index (κ3) is 1.47. The number of rotatable bonds is 1. The predicted octanol–water partition coefficient (Wildman–Crippen LogP) is 3.06. The smallest absolute Gasteiger partial charge is 0.339 e. The minimum Gasteiger partial charge on any atom is -0.423 e. The molecule has 0 spiro atoms. The molecule has 0 aromatic heterocycles. The molecule has 2 nitrogen and oxygen atoms in total. The van der Waals surface area contributed by atoms with Crippen molar-refractivity contribution in [1.82, 2.24) is 0 Å². The molecule has 0 N–H and O–H groups in total. The zero-order chi connectivity index (χ0) is 11.0. The summed E-state index contributed by atoms with van der Waals surface area (Å²) in [5.74, 6) is 0.610. The van der Waals surface area contributed by atoms with E-state index in [2.05, 4.69) is 0 Å². The second-order valence-corrected chi connectivity index (χ2v) is 4.12. The first kappa shape index (κ1) is 9.40. The van der Waals surface area contributed by atoms with E-state index in [0.717, 1.165) is 41.7 Å². The molecule has 16 heavy (non-hydrogen) atoms. The number of cyclic esters (lactones) is 1. The van der Waals surface area contributed by atoms with Crippen molar-refractivity contribution in [2.45, 2.75) is 19.3 Å². The highest BCUT2D eigenvalue weighted by molar-refractivity contribution is 5.96. The molecule has 2 aliphatic rings. The van der Waals surface area contributed by atoms with Gasteiger partial charge < -0.3 is 4.74 Å². The fourth-order valence-corrected chi connectivity index (χ4v) is 2.28. The van der Waals surface area contributed by atoms with Gasteiger partial charge >= 0.3 is 5.97 Å². The van der Waals surface area contributed by atoms with E-state index in [1.807, 2.05) is 36.4 Å². The van der Waals surface area contributed by atoms with Crippen LogP contribution in [0.3, 0.4) is 0 Å². The zero-order valence-electron chi connectivity index (χ0n) is 8.90. The number of benzene rings is 1. The van der Waals surface area contributed by atoms with E-state index < -0.39 is 0 Å². The Hall–Kier alpha value is -1.83. The standard InChI is InChI=1S/C14H12O2/c15-14-12-8-4-7-11(12)13(16-14)9-10-5-2-1-3-6-10/h1-3,5-6,9H,4,7-8H2/b13-9-. The monoisotopic (exact) mass is 212 g/mol. The molecule has 3 rings (SSSR count). The molecule has 0 saturated heterocycles. The molecular formula is C14H12O2. The van der Waals surface area contributed by atoms with E-state index in [-0.39, 0.29) is 5.97 Å². The number of carbonyl (C=O) groups excluding carboxylic acids is 1. The third-order valence-electron chi connectivity index (χ3n) is 3.06. The molecule has 1 aliphatic heterocycles. The lowest BCUT2D eigenvalue weighted by molar-refractivity contribution is -0.133. The predicted molar refractivity (Wildman–Crippen MR) is 61.4 cm³/mol. The average Bonchev–Trinajstić information content (AvgIpc) is 2.87. The van der Waals surface area contributed by atoms with Gasteiger partial charge in [0.2, 0.25) is 0 Å². The Bertz CT molecular complexity index is 495. The van der Waals surface area contributed by atoms with Crippen LogP contribution in [-0.2, 0) is 9.53 Å². The summed E-state index contributed by atoms with van der Waals surface area (Å²) < 4.78 is 5.28. The van der Waals surface area contributed by atoms with Crippen molar-refractivity contribution in [3.63, 3.8) is 0 Å². The number of hydrogen-bond donors (Lipinski definition) is 0. The summed E-state index contributed by atoms with van der Waals surface area (Å²) in [6.45, 7) is 0. The Kier molecular flexibility index (Phi) is 2.13. The summed E-state index contributed by atoms with van der Waals surface area (Å²) in [4.78, 5) is 11.5. The molecule has 0 fully saturated rings. The lowest BCUT2D eigenvalue weighted by Gasteiger charge is -2.02. The van der Waals surface area contributed by atoms with Crippen molar-refractivity contribution in [3.05, 3.63) is 52.8 Å². The van der Waals surface area contributed by atoms with Crippen LogP contribution in [0.15, 0.2) is 47.2 Å². The van der Waals surface area contributed by atoms with Crippen LogP contribution in [0.2, 0.25) is 0 Å². The molecule has 1 aromatic rings. The molecular weight excluding hydrogens is 200 g/mol. The van der Waals surface area contributed by atoms with E-state index in [0.29, 0.717) is 0 Å². The normalized spacial score (nSPS) is 21.5. The number of allylic oxidation sites excluding steroid dienone is 1. The van der Waals surface area contributed by atoms with Crippen molar-refractivity contribution in [2.24, 2.45) is 0 Å². The second kappa shape index (κ2) is 3.63. The molecule has 0 unspecified atom stereocenters. The van der Waals surface area contributed by atoms with Crippen molar-refractivity contribution in [1.29, 1.82) is 0 Å². The maximum atomic E-state index is 11.5. The highest BCUT2D eigenvalue weighted by Crippen LogP contribution is 2.38. The fraction of sp³-hybridized carbons (Fsp3) is 0.214. The Morgan fingerprint density at radius 1 is 1.06 bits per heavy atom. The molecule has 0 amide bonds. The van der Waals surface area contributed by atoms with Gasteiger partial charge in [-0.1, -0.05) is 30.3 Å². The Morgan fingerprint density at radius 2 is 1.81 bits per heavy atom. The maximum absolute atomic E-state index is 11.5. The molecule has 1 aliphatic carbocycles. The van der Waals surface area contributed by atoms with Gasteiger partial charge in [-0.05, 0) is 30.9 Å². The second-order valence-electron chi connectivity index (χ2n) is 4.12. The van der Waals surface area contributed by atoms with E-state index in [9.17, 15) is 4.79 Å². The van der Waals surface area contributed by atoms with Crippen LogP contribution in [0.25, 0.3) is 6.08 Å². The van der Waals surface area contributed by atoms with Crippen molar-refractivity contribution in [3.8, 4) is 0 Å². The number of carbonyl (C=O) groups is 1. The lowest BCUT2D eigenvalue weighted by Crippen LogP contribution is -1.98. The quantitative estimate of drug-likeness (QED) is 0.669. The first-order chi connectivity index (χ1) is 7.84. The molecule has 0 bridgehead atoms. The third-order valence-corrected chi connectivity index (χ3v) is 3.06. The van der Waals surface area contributed by atoms with Crippen LogP contribution >= 0.6 is 0 Å². The Labute approximate surface area is 94.2 Å². The van der Waals surface area contributed by atoms with Gasteiger partial charge in [0.05, 0.1) is 0 Å². The van der Waals surface area contributed by atoms with Gasteiger partial charge in [0.15, 0.2) is 0 Å². The van der Waals surface area contributed by atoms with Gasteiger partial charge in [0.1, 0.15) is 5.76 Å². The molecule has 2 heteroatoms. The minimum absolute atomic E-state index is 0.144. The highest BCUT2D eigenvalue weighted by Gasteiger charge is 2.32. The average molecular weight is 212 g/mol. The number of esters is 1. The van der Waals surface area contributed by atoms with Crippen LogP contribution in [0.4, 0.5) is 0 Å². The van der Waals surface area contributed by atoms with E-state index in [1.165, 1.54) is 0 Å². The van der Waals surface area contributed by atoms with E-state index in [1.54, 1.807) is 0 Å². The topological polar surface area (TPSA) is 26.3 Å². The Balaban J connectivity index is 1.98. The van der Waals surface area contributed by atoms with Crippen molar-refractivity contribution < 1.29 is 9.53 Å². The fourth-order valence-electron chi connectivity index (χ4n) is 2.28. The number of ether oxygens (including phenoxy) is 1. The highest BCUT2D eigenvalue weighted by atomic mass is 16.5. The van der Waals surface area contributed by atoms with Gasteiger partial charge in [-0.15, -0.1) is 0 Å². The van der Waals surface area contributed by atoms with Crippen LogP contribution in [0.1, 0.15) is 24.8 Å². The van der Waals surface area contributed by atoms with Gasteiger partial charge in [0.25, 0.3) is 0 Å². The summed E-state index contributed by atoms with van der Waals surface area (Å²) in [5, 5.41) is 0. The SMILES string of the molecule is O=C1O/C(=C\c2ccccc2)C2=C1CCC2. The van der Waals surface area contributed by atoms with Crippen LogP contribution < -0.4 is 0 Å². The minimum atomic E-state index is -0.144. The lowest BCUT2D eigenvalue weighted by atomic mass is 10.1. The van der Waals surface area contributed by atoms with Crippen LogP contribution in [-0.4, -0.2) is 5.97 Å². The zero-order valence-corrected chi connectivity index (χ0v) is 8.90. The Morgan fingerprint density at radius 3 is 2.62 bits per heavy atom. The van der Waals surface area contributed by atoms with Crippen LogP contribution in [0.5, 0.6) is 0 Å². The molecule has 0 saturated carbocycles. The van der Waals surface area contributed by atoms with Gasteiger partial charge in [-0.25, -0.2) is 4.79 Å². The molecule has 0 radical (unpaired) electrons. The molecule has 1 heterocycles. The summed E-state index contributed by atoms with van der Waals surface area (Å²) >= 11 is 0. The number of hydrogen-bond acceptors (Lipinski definition) is 2. The summed E-state index contributed by atoms with van der Waals surface area (Å²) in [5.41, 5.74) is 3.09. The molecule has 0 atom stereocenters. The van der Waals surface area contributed by atoms with Gasteiger partial charge in [-0.3, -0.25) is 0 Å². The molecule has 80 valence electrons.